The zero-order chi connectivity index (χ0) is 28.7. The van der Waals surface area contributed by atoms with Gasteiger partial charge in [0.25, 0.3) is 0 Å². The fourth-order valence-electron chi connectivity index (χ4n) is 7.37. The molecular weight excluding hydrogens is 582 g/mol. The van der Waals surface area contributed by atoms with Crippen LogP contribution in [-0.2, 0) is 19.2 Å². The zero-order valence-electron chi connectivity index (χ0n) is 21.7. The maximum absolute atomic E-state index is 14.3. The first-order valence-corrected chi connectivity index (χ1v) is 13.7. The Hall–Kier alpha value is -3.99. The Balaban J connectivity index is 1.57. The van der Waals surface area contributed by atoms with Crippen molar-refractivity contribution in [2.24, 2.45) is 34.8 Å². The quantitative estimate of drug-likeness (QED) is 0.401. The Morgan fingerprint density at radius 1 is 1.07 bits per heavy atom. The number of phenols is 1. The van der Waals surface area contributed by atoms with E-state index >= 15 is 0 Å². The number of para-hydroxylation sites is 1. The van der Waals surface area contributed by atoms with Crippen molar-refractivity contribution in [3.05, 3.63) is 64.1 Å². The van der Waals surface area contributed by atoms with Gasteiger partial charge in [-0.05, 0) is 49.9 Å². The zero-order valence-corrected chi connectivity index (χ0v) is 23.3. The van der Waals surface area contributed by atoms with Crippen LogP contribution in [0.5, 0.6) is 11.5 Å². The number of anilines is 1. The number of aromatic hydroxyl groups is 1. The minimum absolute atomic E-state index is 0.116. The lowest BCUT2D eigenvalue weighted by Gasteiger charge is -2.49. The molecule has 2 aliphatic heterocycles. The van der Waals surface area contributed by atoms with Gasteiger partial charge in [0.1, 0.15) is 0 Å². The molecule has 0 unspecified atom stereocenters. The molecule has 2 saturated heterocycles. The molecule has 6 amide bonds. The number of imide groups is 4. The van der Waals surface area contributed by atoms with E-state index in [1.54, 1.807) is 49.4 Å². The SMILES string of the molecule is COc1cc(Br)cc([C@H]2C3=CC[C@@H]4C(=O)N(C(N)=O)C(=O)[C@@H]4[C@@H]3C[C@H]3C(=O)N(c4ccccc4)C(=O)[C@@]23C)c1O. The molecule has 0 radical (unpaired) electrons. The van der Waals surface area contributed by atoms with Gasteiger partial charge in [-0.25, -0.2) is 9.69 Å². The molecule has 0 spiro atoms. The molecule has 3 N–H and O–H groups in total. The summed E-state index contributed by atoms with van der Waals surface area (Å²) in [5, 5.41) is 11.3. The highest BCUT2D eigenvalue weighted by atomic mass is 79.9. The van der Waals surface area contributed by atoms with Crippen LogP contribution >= 0.6 is 15.9 Å². The summed E-state index contributed by atoms with van der Waals surface area (Å²) in [7, 11) is 1.41. The Kier molecular flexibility index (Phi) is 5.92. The van der Waals surface area contributed by atoms with Crippen molar-refractivity contribution < 1.29 is 33.8 Å². The molecule has 1 saturated carbocycles. The van der Waals surface area contributed by atoms with Crippen molar-refractivity contribution in [2.75, 3.05) is 12.0 Å². The molecule has 3 fully saturated rings. The summed E-state index contributed by atoms with van der Waals surface area (Å²) < 4.78 is 5.98. The number of allylic oxidation sites excluding steroid dienone is 2. The second-order valence-electron chi connectivity index (χ2n) is 10.9. The minimum atomic E-state index is -1.33. The molecule has 2 heterocycles. The monoisotopic (exact) mass is 607 g/mol. The number of fused-ring (bicyclic) bond motifs is 4. The Labute approximate surface area is 237 Å². The number of methoxy groups -OCH3 is 1. The predicted octanol–water partition coefficient (Wildman–Crippen LogP) is 3.47. The van der Waals surface area contributed by atoms with Crippen LogP contribution in [0.25, 0.3) is 0 Å². The van der Waals surface area contributed by atoms with Crippen molar-refractivity contribution in [3.8, 4) is 11.5 Å². The summed E-state index contributed by atoms with van der Waals surface area (Å²) in [6, 6.07) is 10.7. The number of halogens is 1. The summed E-state index contributed by atoms with van der Waals surface area (Å²) in [6.45, 7) is 1.72. The van der Waals surface area contributed by atoms with Crippen LogP contribution < -0.4 is 15.4 Å². The van der Waals surface area contributed by atoms with Crippen LogP contribution in [0.4, 0.5) is 10.5 Å². The van der Waals surface area contributed by atoms with Crippen LogP contribution in [0.15, 0.2) is 58.6 Å². The maximum atomic E-state index is 14.3. The van der Waals surface area contributed by atoms with Crippen molar-refractivity contribution >= 4 is 51.3 Å². The number of nitrogens with zero attached hydrogens (tertiary/aromatic N) is 2. The van der Waals surface area contributed by atoms with Crippen molar-refractivity contribution in [2.45, 2.75) is 25.7 Å². The van der Waals surface area contributed by atoms with Crippen LogP contribution in [0, 0.1) is 29.1 Å². The van der Waals surface area contributed by atoms with E-state index in [2.05, 4.69) is 15.9 Å². The highest BCUT2D eigenvalue weighted by Gasteiger charge is 2.68. The lowest BCUT2D eigenvalue weighted by atomic mass is 9.51. The molecule has 11 heteroatoms. The third-order valence-corrected chi connectivity index (χ3v) is 9.57. The largest absolute Gasteiger partial charge is 0.504 e. The number of benzene rings is 2. The number of likely N-dealkylation sites (tertiary alicyclic amines) is 1. The molecular formula is C29H26BrN3O7. The highest BCUT2D eigenvalue weighted by Crippen LogP contribution is 2.65. The lowest BCUT2D eigenvalue weighted by Crippen LogP contribution is -2.49. The van der Waals surface area contributed by atoms with Crippen LogP contribution in [0.2, 0.25) is 0 Å². The van der Waals surface area contributed by atoms with Crippen LogP contribution in [0.1, 0.15) is 31.2 Å². The van der Waals surface area contributed by atoms with Crippen molar-refractivity contribution in [3.63, 3.8) is 0 Å². The van der Waals surface area contributed by atoms with Gasteiger partial charge in [-0.1, -0.05) is 45.8 Å². The molecule has 2 aliphatic carbocycles. The first-order chi connectivity index (χ1) is 19.0. The molecule has 0 aromatic heterocycles. The van der Waals surface area contributed by atoms with Gasteiger partial charge >= 0.3 is 6.03 Å². The number of rotatable bonds is 3. The average Bonchev–Trinajstić information content (AvgIpc) is 3.30. The molecule has 10 nitrogen and oxygen atoms in total. The summed E-state index contributed by atoms with van der Waals surface area (Å²) in [6.07, 6.45) is 2.09. The number of nitrogens with two attached hydrogens (primary N) is 1. The lowest BCUT2D eigenvalue weighted by molar-refractivity contribution is -0.136. The van der Waals surface area contributed by atoms with Crippen LogP contribution in [0.3, 0.4) is 0 Å². The standard InChI is InChI=1S/C29H26BrN3O7/c1-29-19(25(36)32(27(29)38)14-6-4-3-5-7-14)12-17-15(22(29)18-10-13(30)11-20(40-2)23(18)34)8-9-16-21(17)26(37)33(24(16)35)28(31)39/h3-8,10-11,16-17,19,21-22,34H,9,12H2,1-2H3,(H2,31,39)/t16-,17+,19-,21-,22+,29+/m0/s1. The van der Waals surface area contributed by atoms with E-state index in [1.165, 1.54) is 12.0 Å². The van der Waals surface area contributed by atoms with E-state index in [0.29, 0.717) is 26.2 Å². The molecule has 6 rings (SSSR count). The number of hydrogen-bond acceptors (Lipinski definition) is 7. The Bertz CT molecular complexity index is 1540. The van der Waals surface area contributed by atoms with E-state index in [1.807, 2.05) is 6.08 Å². The van der Waals surface area contributed by atoms with Gasteiger partial charge in [-0.2, -0.15) is 4.90 Å². The first-order valence-electron chi connectivity index (χ1n) is 12.9. The first kappa shape index (κ1) is 26.2. The number of primary amides is 1. The third-order valence-electron chi connectivity index (χ3n) is 9.11. The number of ether oxygens (including phenoxy) is 1. The minimum Gasteiger partial charge on any atom is -0.504 e. The molecule has 6 atom stereocenters. The number of amides is 6. The van der Waals surface area contributed by atoms with Crippen LogP contribution in [-0.4, -0.2) is 46.8 Å². The molecule has 4 aliphatic rings. The van der Waals surface area contributed by atoms with Gasteiger partial charge in [-0.15, -0.1) is 0 Å². The normalized spacial score (nSPS) is 31.1. The maximum Gasteiger partial charge on any atom is 0.328 e. The smallest absolute Gasteiger partial charge is 0.328 e. The summed E-state index contributed by atoms with van der Waals surface area (Å²) in [5.74, 6) is -6.29. The van der Waals surface area contributed by atoms with Crippen molar-refractivity contribution in [1.82, 2.24) is 4.90 Å². The van der Waals surface area contributed by atoms with E-state index in [0.717, 1.165) is 0 Å². The van der Waals surface area contributed by atoms with Gasteiger partial charge in [0.05, 0.1) is 36.0 Å². The van der Waals surface area contributed by atoms with Gasteiger partial charge in [-0.3, -0.25) is 19.2 Å². The predicted molar refractivity (Wildman–Crippen MR) is 145 cm³/mol. The third kappa shape index (κ3) is 3.36. The topological polar surface area (TPSA) is 147 Å². The van der Waals surface area contributed by atoms with Gasteiger partial charge < -0.3 is 15.6 Å². The highest BCUT2D eigenvalue weighted by molar-refractivity contribution is 9.10. The van der Waals surface area contributed by atoms with Gasteiger partial charge in [0.15, 0.2) is 11.5 Å². The fourth-order valence-corrected chi connectivity index (χ4v) is 7.82. The van der Waals surface area contributed by atoms with E-state index in [-0.39, 0.29) is 24.3 Å². The van der Waals surface area contributed by atoms with E-state index in [9.17, 15) is 29.1 Å². The van der Waals surface area contributed by atoms with Crippen molar-refractivity contribution in [1.29, 1.82) is 0 Å². The summed E-state index contributed by atoms with van der Waals surface area (Å²) >= 11 is 3.47. The fraction of sp³-hybridized carbons (Fsp3) is 0.345. The summed E-state index contributed by atoms with van der Waals surface area (Å²) in [4.78, 5) is 68.5. The molecule has 2 aromatic rings. The van der Waals surface area contributed by atoms with E-state index < -0.39 is 64.7 Å². The van der Waals surface area contributed by atoms with Gasteiger partial charge in [0.2, 0.25) is 23.6 Å². The molecule has 0 bridgehead atoms. The molecule has 206 valence electrons. The summed E-state index contributed by atoms with van der Waals surface area (Å²) in [5.41, 5.74) is 5.50. The number of carbonyl (C=O) groups is 5. The second-order valence-corrected chi connectivity index (χ2v) is 11.8. The molecule has 40 heavy (non-hydrogen) atoms. The molecule has 2 aromatic carbocycles. The number of phenolic OH excluding ortho intramolecular Hbond substituents is 1. The number of urea groups is 1. The number of carbonyl (C=O) groups excluding carboxylic acids is 5. The average molecular weight is 608 g/mol. The van der Waals surface area contributed by atoms with E-state index in [4.69, 9.17) is 10.5 Å². The number of hydrogen-bond donors (Lipinski definition) is 2. The Morgan fingerprint density at radius 2 is 1.77 bits per heavy atom. The van der Waals surface area contributed by atoms with Gasteiger partial charge in [0, 0.05) is 16.0 Å². The Morgan fingerprint density at radius 3 is 2.42 bits per heavy atom. The second kappa shape index (κ2) is 9.02.